The van der Waals surface area contributed by atoms with Crippen LogP contribution >= 0.6 is 47.8 Å². The van der Waals surface area contributed by atoms with Crippen LogP contribution in [0.3, 0.4) is 0 Å². The lowest BCUT2D eigenvalue weighted by Crippen LogP contribution is -2.14. The maximum absolute atomic E-state index is 12.8. The Morgan fingerprint density at radius 3 is 2.14 bits per heavy atom. The van der Waals surface area contributed by atoms with Gasteiger partial charge in [-0.15, -0.1) is 0 Å². The van der Waals surface area contributed by atoms with Gasteiger partial charge >= 0.3 is 10.1 Å². The Labute approximate surface area is 234 Å². The van der Waals surface area contributed by atoms with Crippen molar-refractivity contribution in [3.05, 3.63) is 84.2 Å². The number of methoxy groups -OCH3 is 1. The number of hydrogen-bond donors (Lipinski definition) is 1. The Bertz CT molecular complexity index is 1490. The van der Waals surface area contributed by atoms with Crippen molar-refractivity contribution in [3.8, 4) is 17.6 Å². The fourth-order valence-corrected chi connectivity index (χ4v) is 6.30. The molecule has 0 saturated heterocycles. The minimum Gasteiger partial charge on any atom is -0.493 e. The molecule has 3 aromatic carbocycles. The van der Waals surface area contributed by atoms with Crippen LogP contribution in [0.5, 0.6) is 11.5 Å². The van der Waals surface area contributed by atoms with Crippen LogP contribution in [0.4, 0.5) is 5.69 Å². The summed E-state index contributed by atoms with van der Waals surface area (Å²) in [6.45, 7) is 3.75. The fraction of sp³-hybridized carbons (Fsp3) is 0.120. The summed E-state index contributed by atoms with van der Waals surface area (Å²) in [6, 6.07) is 14.8. The number of nitriles is 1. The Morgan fingerprint density at radius 2 is 1.58 bits per heavy atom. The van der Waals surface area contributed by atoms with Gasteiger partial charge in [-0.25, -0.2) is 0 Å². The molecule has 0 aliphatic heterocycles. The first kappa shape index (κ1) is 27.9. The van der Waals surface area contributed by atoms with Crippen molar-refractivity contribution in [2.75, 3.05) is 12.4 Å². The summed E-state index contributed by atoms with van der Waals surface area (Å²) in [5.74, 6) is -0.598. The van der Waals surface area contributed by atoms with Crippen molar-refractivity contribution >= 4 is 75.6 Å². The number of amides is 1. The van der Waals surface area contributed by atoms with Crippen molar-refractivity contribution in [2.45, 2.75) is 18.7 Å². The summed E-state index contributed by atoms with van der Waals surface area (Å²) < 4.78 is 37.8. The van der Waals surface area contributed by atoms with E-state index in [1.165, 1.54) is 37.5 Å². The lowest BCUT2D eigenvalue weighted by molar-refractivity contribution is -0.112. The molecule has 186 valence electrons. The minimum atomic E-state index is -4.14. The topological polar surface area (TPSA) is 105 Å². The number of nitrogens with one attached hydrogen (secondary N) is 1. The van der Waals surface area contributed by atoms with Crippen molar-refractivity contribution < 1.29 is 22.1 Å². The average molecular weight is 699 g/mol. The van der Waals surface area contributed by atoms with Gasteiger partial charge in [-0.3, -0.25) is 4.79 Å². The smallest absolute Gasteiger partial charge is 0.339 e. The van der Waals surface area contributed by atoms with E-state index in [4.69, 9.17) is 8.92 Å². The molecule has 3 aromatic rings. The summed E-state index contributed by atoms with van der Waals surface area (Å²) in [5.41, 5.74) is 2.60. The van der Waals surface area contributed by atoms with E-state index >= 15 is 0 Å². The molecule has 0 aliphatic carbocycles. The molecule has 1 amide bonds. The first-order chi connectivity index (χ1) is 16.9. The molecule has 0 unspecified atom stereocenters. The Hall–Kier alpha value is -2.65. The van der Waals surface area contributed by atoms with Crippen LogP contribution in [0.15, 0.2) is 72.4 Å². The van der Waals surface area contributed by atoms with Gasteiger partial charge in [0.1, 0.15) is 16.5 Å². The zero-order valence-corrected chi connectivity index (χ0v) is 24.8. The number of aryl methyl sites for hydroxylation is 2. The fourth-order valence-electron chi connectivity index (χ4n) is 3.08. The predicted octanol–water partition coefficient (Wildman–Crippen LogP) is 6.91. The molecule has 11 heteroatoms. The number of anilines is 1. The van der Waals surface area contributed by atoms with Gasteiger partial charge < -0.3 is 14.2 Å². The Kier molecular flexibility index (Phi) is 9.00. The van der Waals surface area contributed by atoms with E-state index in [9.17, 15) is 18.5 Å². The number of rotatable bonds is 7. The molecule has 0 fully saturated rings. The minimum absolute atomic E-state index is 0.0112. The number of benzene rings is 3. The van der Waals surface area contributed by atoms with Crippen LogP contribution in [0.1, 0.15) is 16.7 Å². The Morgan fingerprint density at radius 1 is 0.972 bits per heavy atom. The molecule has 0 aliphatic rings. The molecule has 0 bridgehead atoms. The zero-order valence-electron chi connectivity index (χ0n) is 19.2. The molecular weight excluding hydrogens is 680 g/mol. The predicted molar refractivity (Wildman–Crippen MR) is 148 cm³/mol. The standard InChI is InChI=1S/C25H19Br3N2O5S/c1-14-4-6-18(7-5-14)36(32,33)35-24-21(28)11-16(12-22(24)34-3)10-17(13-29)25(31)30-23-19(26)8-15(2)9-20(23)27/h4-12H,1-3H3,(H,30,31)/b17-10+. The molecule has 0 aromatic heterocycles. The second kappa shape index (κ2) is 11.6. The summed E-state index contributed by atoms with van der Waals surface area (Å²) in [7, 11) is -2.78. The van der Waals surface area contributed by atoms with E-state index < -0.39 is 16.0 Å². The first-order valence-corrected chi connectivity index (χ1v) is 14.0. The van der Waals surface area contributed by atoms with E-state index in [1.54, 1.807) is 12.1 Å². The van der Waals surface area contributed by atoms with Gasteiger partial charge in [0.15, 0.2) is 11.5 Å². The maximum Gasteiger partial charge on any atom is 0.339 e. The van der Waals surface area contributed by atoms with Gasteiger partial charge in [0.25, 0.3) is 5.91 Å². The SMILES string of the molecule is COc1cc(/C=C(\C#N)C(=O)Nc2c(Br)cc(C)cc2Br)cc(Br)c1OS(=O)(=O)c1ccc(C)cc1. The third-order valence-electron chi connectivity index (χ3n) is 4.86. The number of ether oxygens (including phenoxy) is 1. The first-order valence-electron chi connectivity index (χ1n) is 10.2. The highest BCUT2D eigenvalue weighted by atomic mass is 79.9. The second-order valence-electron chi connectivity index (χ2n) is 7.61. The zero-order chi connectivity index (χ0) is 26.6. The summed E-state index contributed by atoms with van der Waals surface area (Å²) in [6.07, 6.45) is 1.36. The molecular formula is C25H19Br3N2O5S. The molecule has 36 heavy (non-hydrogen) atoms. The van der Waals surface area contributed by atoms with Gasteiger partial charge in [-0.1, -0.05) is 17.7 Å². The third kappa shape index (κ3) is 6.56. The van der Waals surface area contributed by atoms with Gasteiger partial charge in [-0.2, -0.15) is 13.7 Å². The molecule has 0 heterocycles. The van der Waals surface area contributed by atoms with E-state index in [1.807, 2.05) is 32.0 Å². The number of halogens is 3. The van der Waals surface area contributed by atoms with Gasteiger partial charge in [0.2, 0.25) is 0 Å². The van der Waals surface area contributed by atoms with Crippen LogP contribution in [0.25, 0.3) is 6.08 Å². The highest BCUT2D eigenvalue weighted by molar-refractivity contribution is 9.11. The van der Waals surface area contributed by atoms with Crippen LogP contribution in [0, 0.1) is 25.2 Å². The van der Waals surface area contributed by atoms with Gasteiger partial charge in [0.05, 0.1) is 17.3 Å². The van der Waals surface area contributed by atoms with Crippen molar-refractivity contribution in [2.24, 2.45) is 0 Å². The average Bonchev–Trinajstić information content (AvgIpc) is 2.81. The number of hydrogen-bond acceptors (Lipinski definition) is 6. The summed E-state index contributed by atoms with van der Waals surface area (Å²) in [4.78, 5) is 12.8. The van der Waals surface area contributed by atoms with E-state index in [0.29, 0.717) is 20.2 Å². The monoisotopic (exact) mass is 696 g/mol. The summed E-state index contributed by atoms with van der Waals surface area (Å²) in [5, 5.41) is 12.3. The molecule has 3 rings (SSSR count). The highest BCUT2D eigenvalue weighted by Crippen LogP contribution is 2.39. The van der Waals surface area contributed by atoms with E-state index in [2.05, 4.69) is 53.1 Å². The van der Waals surface area contributed by atoms with Crippen LogP contribution < -0.4 is 14.2 Å². The molecule has 1 N–H and O–H groups in total. The maximum atomic E-state index is 12.8. The lowest BCUT2D eigenvalue weighted by Gasteiger charge is -2.14. The van der Waals surface area contributed by atoms with E-state index in [0.717, 1.165) is 11.1 Å². The van der Waals surface area contributed by atoms with Crippen LogP contribution in [-0.4, -0.2) is 21.4 Å². The van der Waals surface area contributed by atoms with Crippen molar-refractivity contribution in [1.82, 2.24) is 0 Å². The van der Waals surface area contributed by atoms with Crippen LogP contribution in [-0.2, 0) is 14.9 Å². The molecule has 0 spiro atoms. The number of nitrogens with zero attached hydrogens (tertiary/aromatic N) is 1. The quantitative estimate of drug-likeness (QED) is 0.163. The van der Waals surface area contributed by atoms with E-state index in [-0.39, 0.29) is 26.4 Å². The van der Waals surface area contributed by atoms with Crippen molar-refractivity contribution in [3.63, 3.8) is 0 Å². The Balaban J connectivity index is 1.93. The van der Waals surface area contributed by atoms with Crippen LogP contribution in [0.2, 0.25) is 0 Å². The normalized spacial score (nSPS) is 11.5. The lowest BCUT2D eigenvalue weighted by atomic mass is 10.1. The largest absolute Gasteiger partial charge is 0.493 e. The third-order valence-corrected chi connectivity index (χ3v) is 7.93. The van der Waals surface area contributed by atoms with Crippen molar-refractivity contribution in [1.29, 1.82) is 5.26 Å². The highest BCUT2D eigenvalue weighted by Gasteiger charge is 2.22. The second-order valence-corrected chi connectivity index (χ2v) is 11.7. The van der Waals surface area contributed by atoms with Gasteiger partial charge in [-0.05, 0) is 115 Å². The molecule has 0 radical (unpaired) electrons. The molecule has 0 saturated carbocycles. The molecule has 7 nitrogen and oxygen atoms in total. The summed E-state index contributed by atoms with van der Waals surface area (Å²) >= 11 is 10.1. The van der Waals surface area contributed by atoms with Gasteiger partial charge in [0, 0.05) is 8.95 Å². The molecule has 0 atom stereocenters. The number of carbonyl (C=O) groups excluding carboxylic acids is 1. The number of carbonyl (C=O) groups is 1.